The second-order valence-electron chi connectivity index (χ2n) is 2.95. The van der Waals surface area contributed by atoms with E-state index in [1.165, 1.54) is 6.07 Å². The standard InChI is InChI=1S/C10H13N3O2/c11-5-6-13-10(15)8-4-2-1-3-7(8)9(12)14/h1-4H,5-6,11H2,(H2,12,14)(H,13,15). The van der Waals surface area contributed by atoms with Crippen molar-refractivity contribution in [2.75, 3.05) is 13.1 Å². The van der Waals surface area contributed by atoms with Crippen LogP contribution >= 0.6 is 0 Å². The fraction of sp³-hybridized carbons (Fsp3) is 0.200. The summed E-state index contributed by atoms with van der Waals surface area (Å²) in [6.07, 6.45) is 0. The SMILES string of the molecule is NCCNC(=O)c1ccccc1C(N)=O. The molecule has 0 aliphatic carbocycles. The Morgan fingerprint density at radius 1 is 1.20 bits per heavy atom. The number of nitrogens with two attached hydrogens (primary N) is 2. The molecule has 0 aliphatic heterocycles. The summed E-state index contributed by atoms with van der Waals surface area (Å²) in [7, 11) is 0. The topological polar surface area (TPSA) is 98.2 Å². The molecule has 1 rings (SSSR count). The Morgan fingerprint density at radius 3 is 2.33 bits per heavy atom. The summed E-state index contributed by atoms with van der Waals surface area (Å²) in [5.41, 5.74) is 10.9. The van der Waals surface area contributed by atoms with Crippen LogP contribution in [0.1, 0.15) is 20.7 Å². The molecule has 0 aliphatic rings. The van der Waals surface area contributed by atoms with Crippen LogP contribution in [0.4, 0.5) is 0 Å². The maximum atomic E-state index is 11.6. The number of benzene rings is 1. The third-order valence-electron chi connectivity index (χ3n) is 1.87. The summed E-state index contributed by atoms with van der Waals surface area (Å²) < 4.78 is 0. The van der Waals surface area contributed by atoms with E-state index in [2.05, 4.69) is 5.32 Å². The van der Waals surface area contributed by atoms with Crippen molar-refractivity contribution >= 4 is 11.8 Å². The van der Waals surface area contributed by atoms with Crippen LogP contribution in [0.3, 0.4) is 0 Å². The second kappa shape index (κ2) is 5.11. The van der Waals surface area contributed by atoms with E-state index in [4.69, 9.17) is 11.5 Å². The Morgan fingerprint density at radius 2 is 1.80 bits per heavy atom. The number of hydrogen-bond donors (Lipinski definition) is 3. The van der Waals surface area contributed by atoms with Crippen molar-refractivity contribution in [3.8, 4) is 0 Å². The number of nitrogens with one attached hydrogen (secondary N) is 1. The van der Waals surface area contributed by atoms with Gasteiger partial charge >= 0.3 is 0 Å². The third-order valence-corrected chi connectivity index (χ3v) is 1.87. The number of primary amides is 1. The van der Waals surface area contributed by atoms with Crippen molar-refractivity contribution in [1.29, 1.82) is 0 Å². The molecule has 1 aromatic carbocycles. The lowest BCUT2D eigenvalue weighted by atomic mass is 10.1. The zero-order valence-electron chi connectivity index (χ0n) is 8.19. The molecule has 0 unspecified atom stereocenters. The van der Waals surface area contributed by atoms with E-state index in [-0.39, 0.29) is 17.0 Å². The summed E-state index contributed by atoms with van der Waals surface area (Å²) in [6.45, 7) is 0.719. The van der Waals surface area contributed by atoms with E-state index >= 15 is 0 Å². The van der Waals surface area contributed by atoms with Gasteiger partial charge in [-0.05, 0) is 12.1 Å². The van der Waals surface area contributed by atoms with Gasteiger partial charge in [0.05, 0.1) is 11.1 Å². The monoisotopic (exact) mass is 207 g/mol. The van der Waals surface area contributed by atoms with E-state index < -0.39 is 5.91 Å². The molecule has 15 heavy (non-hydrogen) atoms. The molecule has 0 fully saturated rings. The van der Waals surface area contributed by atoms with Gasteiger partial charge in [-0.15, -0.1) is 0 Å². The highest BCUT2D eigenvalue weighted by Crippen LogP contribution is 2.07. The van der Waals surface area contributed by atoms with Gasteiger partial charge in [-0.2, -0.15) is 0 Å². The van der Waals surface area contributed by atoms with Gasteiger partial charge in [-0.25, -0.2) is 0 Å². The van der Waals surface area contributed by atoms with Crippen molar-refractivity contribution in [2.45, 2.75) is 0 Å². The normalized spacial score (nSPS) is 9.67. The van der Waals surface area contributed by atoms with Gasteiger partial charge in [0, 0.05) is 13.1 Å². The van der Waals surface area contributed by atoms with E-state index in [0.29, 0.717) is 13.1 Å². The Labute approximate surface area is 87.4 Å². The van der Waals surface area contributed by atoms with E-state index in [1.54, 1.807) is 18.2 Å². The minimum absolute atomic E-state index is 0.215. The van der Waals surface area contributed by atoms with Crippen LogP contribution in [0.2, 0.25) is 0 Å². The summed E-state index contributed by atoms with van der Waals surface area (Å²) in [4.78, 5) is 22.6. The van der Waals surface area contributed by atoms with Crippen molar-refractivity contribution < 1.29 is 9.59 Å². The quantitative estimate of drug-likeness (QED) is 0.619. The average molecular weight is 207 g/mol. The number of carbonyl (C=O) groups excluding carboxylic acids is 2. The first-order valence-corrected chi connectivity index (χ1v) is 4.54. The second-order valence-corrected chi connectivity index (χ2v) is 2.95. The lowest BCUT2D eigenvalue weighted by Gasteiger charge is -2.06. The number of rotatable bonds is 4. The zero-order valence-corrected chi connectivity index (χ0v) is 8.19. The predicted molar refractivity (Wildman–Crippen MR) is 56.3 cm³/mol. The van der Waals surface area contributed by atoms with Crippen LogP contribution in [0.25, 0.3) is 0 Å². The Balaban J connectivity index is 2.92. The first-order valence-electron chi connectivity index (χ1n) is 4.54. The molecule has 0 spiro atoms. The van der Waals surface area contributed by atoms with Gasteiger partial charge < -0.3 is 16.8 Å². The Bertz CT molecular complexity index is 377. The van der Waals surface area contributed by atoms with Gasteiger partial charge in [0.25, 0.3) is 5.91 Å². The molecule has 2 amide bonds. The molecule has 5 heteroatoms. The molecule has 0 saturated carbocycles. The minimum atomic E-state index is -0.617. The summed E-state index contributed by atoms with van der Waals surface area (Å²) in [6, 6.07) is 6.38. The average Bonchev–Trinajstić information content (AvgIpc) is 2.25. The summed E-state index contributed by atoms with van der Waals surface area (Å²) >= 11 is 0. The fourth-order valence-corrected chi connectivity index (χ4v) is 1.18. The van der Waals surface area contributed by atoms with Gasteiger partial charge in [-0.1, -0.05) is 12.1 Å². The lowest BCUT2D eigenvalue weighted by molar-refractivity contribution is 0.0937. The highest BCUT2D eigenvalue weighted by atomic mass is 16.2. The Hall–Kier alpha value is -1.88. The van der Waals surface area contributed by atoms with Gasteiger partial charge in [-0.3, -0.25) is 9.59 Å². The van der Waals surface area contributed by atoms with E-state index in [1.807, 2.05) is 0 Å². The summed E-state index contributed by atoms with van der Waals surface area (Å²) in [5.74, 6) is -0.955. The molecule has 5 N–H and O–H groups in total. The number of hydrogen-bond acceptors (Lipinski definition) is 3. The van der Waals surface area contributed by atoms with E-state index in [0.717, 1.165) is 0 Å². The molecule has 0 saturated heterocycles. The molecular weight excluding hydrogens is 194 g/mol. The zero-order chi connectivity index (χ0) is 11.3. The van der Waals surface area contributed by atoms with Crippen LogP contribution in [0.5, 0.6) is 0 Å². The van der Waals surface area contributed by atoms with Crippen molar-refractivity contribution in [2.24, 2.45) is 11.5 Å². The first kappa shape index (κ1) is 11.2. The molecule has 0 heterocycles. The first-order chi connectivity index (χ1) is 7.16. The van der Waals surface area contributed by atoms with Crippen LogP contribution in [-0.2, 0) is 0 Å². The maximum Gasteiger partial charge on any atom is 0.252 e. The minimum Gasteiger partial charge on any atom is -0.366 e. The molecule has 0 bridgehead atoms. The number of amides is 2. The molecule has 0 aromatic heterocycles. The third kappa shape index (κ3) is 2.78. The smallest absolute Gasteiger partial charge is 0.252 e. The molecule has 1 aromatic rings. The lowest BCUT2D eigenvalue weighted by Crippen LogP contribution is -2.30. The van der Waals surface area contributed by atoms with Crippen molar-refractivity contribution in [1.82, 2.24) is 5.32 Å². The Kier molecular flexibility index (Phi) is 3.82. The molecule has 0 atom stereocenters. The molecule has 80 valence electrons. The van der Waals surface area contributed by atoms with Gasteiger partial charge in [0.2, 0.25) is 5.91 Å². The van der Waals surface area contributed by atoms with Crippen LogP contribution in [0, 0.1) is 0 Å². The number of carbonyl (C=O) groups is 2. The molecule has 0 radical (unpaired) electrons. The van der Waals surface area contributed by atoms with Crippen molar-refractivity contribution in [3.63, 3.8) is 0 Å². The van der Waals surface area contributed by atoms with E-state index in [9.17, 15) is 9.59 Å². The predicted octanol–water partition coefficient (Wildman–Crippen LogP) is -0.526. The molecular formula is C10H13N3O2. The fourth-order valence-electron chi connectivity index (χ4n) is 1.18. The van der Waals surface area contributed by atoms with Gasteiger partial charge in [0.15, 0.2) is 0 Å². The highest BCUT2D eigenvalue weighted by molar-refractivity contribution is 6.06. The van der Waals surface area contributed by atoms with Gasteiger partial charge in [0.1, 0.15) is 0 Å². The van der Waals surface area contributed by atoms with Crippen LogP contribution < -0.4 is 16.8 Å². The van der Waals surface area contributed by atoms with Crippen molar-refractivity contribution in [3.05, 3.63) is 35.4 Å². The maximum absolute atomic E-state index is 11.6. The summed E-state index contributed by atoms with van der Waals surface area (Å²) in [5, 5.41) is 2.57. The largest absolute Gasteiger partial charge is 0.366 e. The van der Waals surface area contributed by atoms with Crippen LogP contribution in [0.15, 0.2) is 24.3 Å². The van der Waals surface area contributed by atoms with Crippen LogP contribution in [-0.4, -0.2) is 24.9 Å². The molecule has 5 nitrogen and oxygen atoms in total. The highest BCUT2D eigenvalue weighted by Gasteiger charge is 2.13.